The van der Waals surface area contributed by atoms with E-state index in [0.717, 1.165) is 29.8 Å². The molecule has 19 heavy (non-hydrogen) atoms. The summed E-state index contributed by atoms with van der Waals surface area (Å²) in [6.07, 6.45) is 1.42. The van der Waals surface area contributed by atoms with Crippen LogP contribution in [0.3, 0.4) is 0 Å². The maximum atomic E-state index is 11.5. The van der Waals surface area contributed by atoms with Crippen molar-refractivity contribution in [1.29, 1.82) is 0 Å². The largest absolute Gasteiger partial charge is 0.496 e. The molecule has 0 aliphatic heterocycles. The molecule has 1 aromatic carbocycles. The van der Waals surface area contributed by atoms with Gasteiger partial charge < -0.3 is 15.4 Å². The summed E-state index contributed by atoms with van der Waals surface area (Å²) in [7, 11) is 3.54. The summed E-state index contributed by atoms with van der Waals surface area (Å²) in [6.45, 7) is 3.42. The van der Waals surface area contributed by atoms with Crippen molar-refractivity contribution in [3.8, 4) is 5.75 Å². The molecule has 0 atom stereocenters. The summed E-state index contributed by atoms with van der Waals surface area (Å²) < 4.78 is 5.25. The molecular formula is C14H23ClN2O2. The zero-order chi connectivity index (χ0) is 13.4. The molecule has 0 heterocycles. The maximum Gasteiger partial charge on any atom is 0.220 e. The molecule has 0 aliphatic carbocycles. The van der Waals surface area contributed by atoms with Gasteiger partial charge in [-0.05, 0) is 44.1 Å². The van der Waals surface area contributed by atoms with E-state index >= 15 is 0 Å². The Morgan fingerprint density at radius 3 is 2.74 bits per heavy atom. The van der Waals surface area contributed by atoms with E-state index in [1.54, 1.807) is 7.11 Å². The van der Waals surface area contributed by atoms with Gasteiger partial charge in [0, 0.05) is 13.0 Å². The third-order valence-electron chi connectivity index (χ3n) is 2.79. The molecule has 1 rings (SSSR count). The third-order valence-corrected chi connectivity index (χ3v) is 2.79. The number of halogens is 1. The van der Waals surface area contributed by atoms with Gasteiger partial charge in [0.15, 0.2) is 0 Å². The Balaban J connectivity index is 0.00000324. The molecule has 108 valence electrons. The van der Waals surface area contributed by atoms with Gasteiger partial charge in [-0.3, -0.25) is 4.79 Å². The van der Waals surface area contributed by atoms with E-state index in [1.807, 2.05) is 32.2 Å². The highest BCUT2D eigenvalue weighted by Gasteiger charge is 2.03. The fraction of sp³-hybridized carbons (Fsp3) is 0.500. The van der Waals surface area contributed by atoms with Crippen LogP contribution in [0.4, 0.5) is 0 Å². The van der Waals surface area contributed by atoms with E-state index in [0.29, 0.717) is 13.0 Å². The Kier molecular flexibility index (Phi) is 9.00. The normalized spacial score (nSPS) is 9.63. The van der Waals surface area contributed by atoms with Crippen LogP contribution in [0.25, 0.3) is 0 Å². The van der Waals surface area contributed by atoms with Gasteiger partial charge >= 0.3 is 0 Å². The average Bonchev–Trinajstić information content (AvgIpc) is 2.38. The quantitative estimate of drug-likeness (QED) is 0.754. The van der Waals surface area contributed by atoms with Crippen LogP contribution in [-0.2, 0) is 11.3 Å². The first-order valence-electron chi connectivity index (χ1n) is 6.22. The van der Waals surface area contributed by atoms with Crippen LogP contribution >= 0.6 is 12.4 Å². The Morgan fingerprint density at radius 2 is 2.11 bits per heavy atom. The van der Waals surface area contributed by atoms with E-state index in [4.69, 9.17) is 4.74 Å². The van der Waals surface area contributed by atoms with Crippen molar-refractivity contribution in [3.05, 3.63) is 29.3 Å². The lowest BCUT2D eigenvalue weighted by molar-refractivity contribution is -0.121. The lowest BCUT2D eigenvalue weighted by Gasteiger charge is -2.09. The number of ether oxygens (including phenoxy) is 1. The molecule has 0 unspecified atom stereocenters. The Morgan fingerprint density at radius 1 is 1.37 bits per heavy atom. The van der Waals surface area contributed by atoms with Gasteiger partial charge in [0.05, 0.1) is 7.11 Å². The SMILES string of the molecule is CNCCCC(=O)NCc1ccc(C)c(OC)c1.Cl. The number of benzene rings is 1. The number of carbonyl (C=O) groups excluding carboxylic acids is 1. The van der Waals surface area contributed by atoms with Crippen molar-refractivity contribution >= 4 is 18.3 Å². The Labute approximate surface area is 121 Å². The molecule has 0 saturated carbocycles. The van der Waals surface area contributed by atoms with Gasteiger partial charge in [0.1, 0.15) is 5.75 Å². The summed E-state index contributed by atoms with van der Waals surface area (Å²) in [5.41, 5.74) is 2.15. The number of hydrogen-bond acceptors (Lipinski definition) is 3. The van der Waals surface area contributed by atoms with Gasteiger partial charge in [-0.2, -0.15) is 0 Å². The van der Waals surface area contributed by atoms with Crippen molar-refractivity contribution in [1.82, 2.24) is 10.6 Å². The smallest absolute Gasteiger partial charge is 0.220 e. The van der Waals surface area contributed by atoms with Crippen LogP contribution in [0.1, 0.15) is 24.0 Å². The van der Waals surface area contributed by atoms with Gasteiger partial charge in [-0.1, -0.05) is 12.1 Å². The fourth-order valence-electron chi connectivity index (χ4n) is 1.69. The highest BCUT2D eigenvalue weighted by Crippen LogP contribution is 2.18. The number of aryl methyl sites for hydroxylation is 1. The van der Waals surface area contributed by atoms with E-state index in [-0.39, 0.29) is 18.3 Å². The zero-order valence-corrected chi connectivity index (χ0v) is 12.6. The van der Waals surface area contributed by atoms with Crippen LogP contribution in [-0.4, -0.2) is 26.6 Å². The van der Waals surface area contributed by atoms with Crippen LogP contribution in [0.15, 0.2) is 18.2 Å². The van der Waals surface area contributed by atoms with Gasteiger partial charge in [0.2, 0.25) is 5.91 Å². The minimum Gasteiger partial charge on any atom is -0.496 e. The highest BCUT2D eigenvalue weighted by molar-refractivity contribution is 5.85. The highest BCUT2D eigenvalue weighted by atomic mass is 35.5. The molecule has 2 N–H and O–H groups in total. The van der Waals surface area contributed by atoms with E-state index in [1.165, 1.54) is 0 Å². The molecule has 0 aliphatic rings. The summed E-state index contributed by atoms with van der Waals surface area (Å²) in [4.78, 5) is 11.5. The molecule has 1 aromatic rings. The third kappa shape index (κ3) is 6.45. The molecule has 0 saturated heterocycles. The standard InChI is InChI=1S/C14H22N2O2.ClH/c1-11-6-7-12(9-13(11)18-3)10-16-14(17)5-4-8-15-2;/h6-7,9,15H,4-5,8,10H2,1-3H3,(H,16,17);1H. The molecule has 0 fully saturated rings. The van der Waals surface area contributed by atoms with Crippen LogP contribution in [0, 0.1) is 6.92 Å². The van der Waals surface area contributed by atoms with Crippen molar-refractivity contribution in [2.45, 2.75) is 26.3 Å². The first-order chi connectivity index (χ1) is 8.67. The summed E-state index contributed by atoms with van der Waals surface area (Å²) in [5.74, 6) is 0.946. The van der Waals surface area contributed by atoms with Crippen LogP contribution in [0.2, 0.25) is 0 Å². The predicted octanol–water partition coefficient (Wildman–Crippen LogP) is 2.04. The zero-order valence-electron chi connectivity index (χ0n) is 11.8. The minimum absolute atomic E-state index is 0. The Hall–Kier alpha value is -1.26. The van der Waals surface area contributed by atoms with E-state index in [9.17, 15) is 4.79 Å². The molecule has 0 radical (unpaired) electrons. The number of methoxy groups -OCH3 is 1. The van der Waals surface area contributed by atoms with Gasteiger partial charge in [0.25, 0.3) is 0 Å². The number of nitrogens with one attached hydrogen (secondary N) is 2. The first kappa shape index (κ1) is 17.7. The monoisotopic (exact) mass is 286 g/mol. The van der Waals surface area contributed by atoms with Crippen LogP contribution < -0.4 is 15.4 Å². The number of carbonyl (C=O) groups is 1. The minimum atomic E-state index is 0. The lowest BCUT2D eigenvalue weighted by atomic mass is 10.1. The summed E-state index contributed by atoms with van der Waals surface area (Å²) in [5, 5.41) is 5.93. The van der Waals surface area contributed by atoms with Crippen molar-refractivity contribution in [2.75, 3.05) is 20.7 Å². The van der Waals surface area contributed by atoms with Crippen molar-refractivity contribution in [2.24, 2.45) is 0 Å². The summed E-state index contributed by atoms with van der Waals surface area (Å²) in [6, 6.07) is 5.97. The average molecular weight is 287 g/mol. The second kappa shape index (κ2) is 9.64. The second-order valence-electron chi connectivity index (χ2n) is 4.29. The Bertz CT molecular complexity index is 397. The molecule has 0 aromatic heterocycles. The van der Waals surface area contributed by atoms with Crippen molar-refractivity contribution in [3.63, 3.8) is 0 Å². The molecule has 0 bridgehead atoms. The molecule has 5 heteroatoms. The van der Waals surface area contributed by atoms with Crippen LogP contribution in [0.5, 0.6) is 5.75 Å². The first-order valence-corrected chi connectivity index (χ1v) is 6.22. The second-order valence-corrected chi connectivity index (χ2v) is 4.29. The maximum absolute atomic E-state index is 11.5. The molecule has 4 nitrogen and oxygen atoms in total. The topological polar surface area (TPSA) is 50.4 Å². The van der Waals surface area contributed by atoms with E-state index < -0.39 is 0 Å². The summed E-state index contributed by atoms with van der Waals surface area (Å²) >= 11 is 0. The molecule has 0 spiro atoms. The van der Waals surface area contributed by atoms with E-state index in [2.05, 4.69) is 10.6 Å². The number of amides is 1. The fourth-order valence-corrected chi connectivity index (χ4v) is 1.69. The molecule has 1 amide bonds. The predicted molar refractivity (Wildman–Crippen MR) is 80.0 cm³/mol. The number of rotatable bonds is 7. The lowest BCUT2D eigenvalue weighted by Crippen LogP contribution is -2.23. The van der Waals surface area contributed by atoms with Gasteiger partial charge in [-0.25, -0.2) is 0 Å². The van der Waals surface area contributed by atoms with Gasteiger partial charge in [-0.15, -0.1) is 12.4 Å². The number of hydrogen-bond donors (Lipinski definition) is 2. The van der Waals surface area contributed by atoms with Crippen molar-refractivity contribution < 1.29 is 9.53 Å². The molecular weight excluding hydrogens is 264 g/mol.